The SMILES string of the molecule is Cc1ccc(C)c(S(=O)(=O)N2CCN(c3ccc(C(C)(C)C)cc3)CC2)c1. The molecular weight excluding hydrogens is 356 g/mol. The van der Waals surface area contributed by atoms with Gasteiger partial charge in [0, 0.05) is 31.9 Å². The smallest absolute Gasteiger partial charge is 0.243 e. The molecule has 1 aliphatic rings. The molecule has 0 aromatic heterocycles. The number of hydrogen-bond acceptors (Lipinski definition) is 3. The van der Waals surface area contributed by atoms with Crippen molar-refractivity contribution in [3.8, 4) is 0 Å². The molecule has 27 heavy (non-hydrogen) atoms. The molecule has 4 nitrogen and oxygen atoms in total. The van der Waals surface area contributed by atoms with Crippen LogP contribution in [0.2, 0.25) is 0 Å². The lowest BCUT2D eigenvalue weighted by molar-refractivity contribution is 0.384. The minimum atomic E-state index is -3.44. The van der Waals surface area contributed by atoms with Crippen LogP contribution in [0.3, 0.4) is 0 Å². The number of aryl methyl sites for hydroxylation is 2. The van der Waals surface area contributed by atoms with E-state index < -0.39 is 10.0 Å². The van der Waals surface area contributed by atoms with E-state index in [2.05, 4.69) is 49.9 Å². The van der Waals surface area contributed by atoms with E-state index in [0.717, 1.165) is 16.8 Å². The van der Waals surface area contributed by atoms with E-state index in [-0.39, 0.29) is 5.41 Å². The van der Waals surface area contributed by atoms with Gasteiger partial charge in [-0.25, -0.2) is 8.42 Å². The lowest BCUT2D eigenvalue weighted by Gasteiger charge is -2.36. The van der Waals surface area contributed by atoms with Crippen LogP contribution in [0.15, 0.2) is 47.4 Å². The van der Waals surface area contributed by atoms with Crippen molar-refractivity contribution in [2.45, 2.75) is 44.9 Å². The number of sulfonamides is 1. The van der Waals surface area contributed by atoms with Crippen LogP contribution in [-0.2, 0) is 15.4 Å². The average Bonchev–Trinajstić information content (AvgIpc) is 2.63. The van der Waals surface area contributed by atoms with E-state index in [1.54, 1.807) is 10.4 Å². The molecule has 1 aliphatic heterocycles. The molecule has 1 heterocycles. The second-order valence-electron chi connectivity index (χ2n) is 8.46. The Morgan fingerprint density at radius 1 is 0.852 bits per heavy atom. The molecule has 0 atom stereocenters. The molecule has 0 bridgehead atoms. The number of anilines is 1. The van der Waals surface area contributed by atoms with Crippen LogP contribution in [0.25, 0.3) is 0 Å². The Morgan fingerprint density at radius 2 is 1.44 bits per heavy atom. The lowest BCUT2D eigenvalue weighted by Crippen LogP contribution is -2.48. The first-order chi connectivity index (χ1) is 12.6. The summed E-state index contributed by atoms with van der Waals surface area (Å²) in [5.74, 6) is 0. The maximum atomic E-state index is 13.1. The fourth-order valence-electron chi connectivity index (χ4n) is 3.48. The Hall–Kier alpha value is -1.85. The minimum absolute atomic E-state index is 0.136. The highest BCUT2D eigenvalue weighted by Gasteiger charge is 2.29. The van der Waals surface area contributed by atoms with Crippen LogP contribution in [0.5, 0.6) is 0 Å². The van der Waals surface area contributed by atoms with E-state index in [4.69, 9.17) is 0 Å². The predicted octanol–water partition coefficient (Wildman–Crippen LogP) is 4.11. The van der Waals surface area contributed by atoms with E-state index >= 15 is 0 Å². The van der Waals surface area contributed by atoms with Gasteiger partial charge >= 0.3 is 0 Å². The molecule has 0 radical (unpaired) electrons. The molecule has 0 amide bonds. The fraction of sp³-hybridized carbons (Fsp3) is 0.455. The molecular formula is C22H30N2O2S. The van der Waals surface area contributed by atoms with Gasteiger partial charge < -0.3 is 4.90 Å². The van der Waals surface area contributed by atoms with Gasteiger partial charge in [0.05, 0.1) is 4.90 Å². The zero-order valence-corrected chi connectivity index (χ0v) is 17.8. The summed E-state index contributed by atoms with van der Waals surface area (Å²) in [5.41, 5.74) is 4.38. The van der Waals surface area contributed by atoms with Crippen molar-refractivity contribution in [1.82, 2.24) is 4.31 Å². The molecule has 2 aromatic carbocycles. The van der Waals surface area contributed by atoms with Crippen LogP contribution in [0, 0.1) is 13.8 Å². The van der Waals surface area contributed by atoms with Gasteiger partial charge in [0.25, 0.3) is 0 Å². The zero-order valence-electron chi connectivity index (χ0n) is 17.0. The Balaban J connectivity index is 1.72. The van der Waals surface area contributed by atoms with Gasteiger partial charge in [-0.15, -0.1) is 0 Å². The number of piperazine rings is 1. The van der Waals surface area contributed by atoms with Crippen molar-refractivity contribution < 1.29 is 8.42 Å². The normalized spacial score (nSPS) is 16.6. The Kier molecular flexibility index (Phi) is 5.37. The van der Waals surface area contributed by atoms with Crippen molar-refractivity contribution in [1.29, 1.82) is 0 Å². The number of rotatable bonds is 3. The maximum absolute atomic E-state index is 13.1. The quantitative estimate of drug-likeness (QED) is 0.797. The molecule has 146 valence electrons. The highest BCUT2D eigenvalue weighted by molar-refractivity contribution is 7.89. The molecule has 0 N–H and O–H groups in total. The highest BCUT2D eigenvalue weighted by Crippen LogP contribution is 2.27. The second kappa shape index (κ2) is 7.28. The molecule has 0 aliphatic carbocycles. The van der Waals surface area contributed by atoms with E-state index in [1.807, 2.05) is 26.0 Å². The van der Waals surface area contributed by atoms with Crippen LogP contribution < -0.4 is 4.90 Å². The van der Waals surface area contributed by atoms with Crippen LogP contribution in [0.1, 0.15) is 37.5 Å². The Bertz CT molecular complexity index is 904. The van der Waals surface area contributed by atoms with Gasteiger partial charge in [-0.05, 0) is 54.2 Å². The zero-order chi connectivity index (χ0) is 19.8. The summed E-state index contributed by atoms with van der Waals surface area (Å²) in [6, 6.07) is 14.3. The van der Waals surface area contributed by atoms with Crippen molar-refractivity contribution >= 4 is 15.7 Å². The van der Waals surface area contributed by atoms with Crippen molar-refractivity contribution in [2.75, 3.05) is 31.1 Å². The highest BCUT2D eigenvalue weighted by atomic mass is 32.2. The third kappa shape index (κ3) is 4.19. The van der Waals surface area contributed by atoms with Crippen LogP contribution in [0.4, 0.5) is 5.69 Å². The topological polar surface area (TPSA) is 40.6 Å². The summed E-state index contributed by atoms with van der Waals surface area (Å²) in [5, 5.41) is 0. The van der Waals surface area contributed by atoms with Crippen molar-refractivity contribution in [3.05, 3.63) is 59.2 Å². The Morgan fingerprint density at radius 3 is 2.00 bits per heavy atom. The Labute approximate surface area is 163 Å². The molecule has 1 fully saturated rings. The summed E-state index contributed by atoms with van der Waals surface area (Å²) >= 11 is 0. The summed E-state index contributed by atoms with van der Waals surface area (Å²) in [4.78, 5) is 2.70. The molecule has 0 spiro atoms. The molecule has 0 unspecified atom stereocenters. The van der Waals surface area contributed by atoms with Gasteiger partial charge in [-0.1, -0.05) is 45.0 Å². The summed E-state index contributed by atoms with van der Waals surface area (Å²) in [7, 11) is -3.44. The summed E-state index contributed by atoms with van der Waals surface area (Å²) < 4.78 is 27.8. The number of nitrogens with zero attached hydrogens (tertiary/aromatic N) is 2. The first kappa shape index (κ1) is 19.9. The average molecular weight is 387 g/mol. The third-order valence-corrected chi connectivity index (χ3v) is 7.34. The van der Waals surface area contributed by atoms with Gasteiger partial charge in [0.2, 0.25) is 10.0 Å². The van der Waals surface area contributed by atoms with E-state index in [9.17, 15) is 8.42 Å². The molecule has 1 saturated heterocycles. The van der Waals surface area contributed by atoms with Gasteiger partial charge in [-0.2, -0.15) is 4.31 Å². The second-order valence-corrected chi connectivity index (χ2v) is 10.4. The first-order valence-corrected chi connectivity index (χ1v) is 11.0. The number of hydrogen-bond donors (Lipinski definition) is 0. The molecule has 0 saturated carbocycles. The van der Waals surface area contributed by atoms with E-state index in [1.165, 1.54) is 5.56 Å². The van der Waals surface area contributed by atoms with Crippen molar-refractivity contribution in [3.63, 3.8) is 0 Å². The fourth-order valence-corrected chi connectivity index (χ4v) is 5.22. The lowest BCUT2D eigenvalue weighted by atomic mass is 9.87. The van der Waals surface area contributed by atoms with Gasteiger partial charge in [-0.3, -0.25) is 0 Å². The molecule has 2 aromatic rings. The van der Waals surface area contributed by atoms with Crippen LogP contribution >= 0.6 is 0 Å². The molecule has 5 heteroatoms. The van der Waals surface area contributed by atoms with Gasteiger partial charge in [0.15, 0.2) is 0 Å². The monoisotopic (exact) mass is 386 g/mol. The summed E-state index contributed by atoms with van der Waals surface area (Å²) in [6.45, 7) is 12.8. The molecule has 3 rings (SSSR count). The third-order valence-electron chi connectivity index (χ3n) is 5.30. The predicted molar refractivity (Wildman–Crippen MR) is 112 cm³/mol. The maximum Gasteiger partial charge on any atom is 0.243 e. The van der Waals surface area contributed by atoms with E-state index in [0.29, 0.717) is 31.1 Å². The first-order valence-electron chi connectivity index (χ1n) is 9.52. The van der Waals surface area contributed by atoms with Crippen LogP contribution in [-0.4, -0.2) is 38.9 Å². The minimum Gasteiger partial charge on any atom is -0.369 e. The van der Waals surface area contributed by atoms with Crippen molar-refractivity contribution in [2.24, 2.45) is 0 Å². The van der Waals surface area contributed by atoms with Gasteiger partial charge in [0.1, 0.15) is 0 Å². The standard InChI is InChI=1S/C22H30N2O2S/c1-17-6-7-18(2)21(16-17)27(25,26)24-14-12-23(13-15-24)20-10-8-19(9-11-20)22(3,4)5/h6-11,16H,12-15H2,1-5H3. The number of benzene rings is 2. The largest absolute Gasteiger partial charge is 0.369 e. The summed E-state index contributed by atoms with van der Waals surface area (Å²) in [6.07, 6.45) is 0.